The summed E-state index contributed by atoms with van der Waals surface area (Å²) >= 11 is 5.89. The molecule has 4 rings (SSSR count). The van der Waals surface area contributed by atoms with Gasteiger partial charge in [0.25, 0.3) is 5.91 Å². The van der Waals surface area contributed by atoms with E-state index in [2.05, 4.69) is 10.5 Å². The summed E-state index contributed by atoms with van der Waals surface area (Å²) in [5, 5.41) is 6.74. The van der Waals surface area contributed by atoms with Crippen molar-refractivity contribution in [1.82, 2.24) is 5.43 Å². The van der Waals surface area contributed by atoms with Crippen molar-refractivity contribution in [2.45, 2.75) is 0 Å². The van der Waals surface area contributed by atoms with Crippen LogP contribution in [0.2, 0.25) is 5.02 Å². The second kappa shape index (κ2) is 8.63. The van der Waals surface area contributed by atoms with Gasteiger partial charge >= 0.3 is 0 Å². The van der Waals surface area contributed by atoms with E-state index in [4.69, 9.17) is 20.8 Å². The number of ether oxygens (including phenoxy) is 1. The first-order valence-electron chi connectivity index (χ1n) is 8.97. The number of carbonyl (C=O) groups is 1. The highest BCUT2D eigenvalue weighted by Gasteiger charge is 2.05. The Bertz CT molecular complexity index is 1170. The minimum Gasteiger partial charge on any atom is -0.484 e. The van der Waals surface area contributed by atoms with Gasteiger partial charge in [0.2, 0.25) is 0 Å². The van der Waals surface area contributed by atoms with Gasteiger partial charge < -0.3 is 9.15 Å². The first-order chi connectivity index (χ1) is 14.2. The molecular formula is C23H17ClN2O3. The molecule has 6 heteroatoms. The lowest BCUT2D eigenvalue weighted by molar-refractivity contribution is -0.123. The number of rotatable bonds is 6. The van der Waals surface area contributed by atoms with Crippen LogP contribution in [-0.4, -0.2) is 18.7 Å². The monoisotopic (exact) mass is 404 g/mol. The third-order valence-electron chi connectivity index (χ3n) is 4.23. The maximum absolute atomic E-state index is 11.9. The zero-order valence-electron chi connectivity index (χ0n) is 15.3. The number of hydrogen-bond donors (Lipinski definition) is 1. The number of nitrogens with zero attached hydrogens (tertiary/aromatic N) is 1. The summed E-state index contributed by atoms with van der Waals surface area (Å²) in [6.45, 7) is -0.135. The van der Waals surface area contributed by atoms with Gasteiger partial charge in [-0.25, -0.2) is 5.43 Å². The smallest absolute Gasteiger partial charge is 0.277 e. The van der Waals surface area contributed by atoms with E-state index in [1.54, 1.807) is 18.2 Å². The van der Waals surface area contributed by atoms with Crippen LogP contribution in [-0.2, 0) is 4.79 Å². The largest absolute Gasteiger partial charge is 0.484 e. The molecule has 1 amide bonds. The second-order valence-corrected chi connectivity index (χ2v) is 6.74. The van der Waals surface area contributed by atoms with Crippen LogP contribution >= 0.6 is 11.6 Å². The van der Waals surface area contributed by atoms with Crippen LogP contribution in [0.15, 0.2) is 88.4 Å². The molecule has 0 fully saturated rings. The van der Waals surface area contributed by atoms with Gasteiger partial charge in [-0.3, -0.25) is 4.79 Å². The third kappa shape index (κ3) is 4.83. The Morgan fingerprint density at radius 1 is 1.00 bits per heavy atom. The molecule has 0 radical (unpaired) electrons. The molecule has 1 heterocycles. The number of benzene rings is 3. The van der Waals surface area contributed by atoms with Crippen LogP contribution in [0.5, 0.6) is 5.75 Å². The van der Waals surface area contributed by atoms with Gasteiger partial charge in [0.1, 0.15) is 17.3 Å². The Hall–Kier alpha value is -3.57. The van der Waals surface area contributed by atoms with Crippen LogP contribution in [0, 0.1) is 0 Å². The lowest BCUT2D eigenvalue weighted by Gasteiger charge is -2.06. The topological polar surface area (TPSA) is 63.8 Å². The quantitative estimate of drug-likeness (QED) is 0.351. The highest BCUT2D eigenvalue weighted by atomic mass is 35.5. The first-order valence-corrected chi connectivity index (χ1v) is 9.34. The molecule has 0 aliphatic heterocycles. The minimum absolute atomic E-state index is 0.135. The van der Waals surface area contributed by atoms with E-state index in [9.17, 15) is 4.79 Å². The Morgan fingerprint density at radius 3 is 2.62 bits per heavy atom. The summed E-state index contributed by atoms with van der Waals surface area (Å²) in [5.74, 6) is 1.47. The molecule has 29 heavy (non-hydrogen) atoms. The zero-order chi connectivity index (χ0) is 20.1. The van der Waals surface area contributed by atoms with Crippen LogP contribution in [0.1, 0.15) is 5.76 Å². The normalized spacial score (nSPS) is 11.1. The minimum atomic E-state index is -0.362. The van der Waals surface area contributed by atoms with E-state index >= 15 is 0 Å². The van der Waals surface area contributed by atoms with Crippen molar-refractivity contribution in [3.63, 3.8) is 0 Å². The predicted octanol–water partition coefficient (Wildman–Crippen LogP) is 5.28. The summed E-state index contributed by atoms with van der Waals surface area (Å²) < 4.78 is 11.2. The van der Waals surface area contributed by atoms with Crippen molar-refractivity contribution in [2.24, 2.45) is 5.10 Å². The van der Waals surface area contributed by atoms with Crippen molar-refractivity contribution in [3.8, 4) is 17.1 Å². The number of nitrogens with one attached hydrogen (secondary N) is 1. The van der Waals surface area contributed by atoms with Crippen LogP contribution in [0.25, 0.3) is 22.1 Å². The molecule has 144 valence electrons. The highest BCUT2D eigenvalue weighted by Crippen LogP contribution is 2.23. The molecule has 4 aromatic rings. The van der Waals surface area contributed by atoms with Crippen molar-refractivity contribution in [1.29, 1.82) is 0 Å². The van der Waals surface area contributed by atoms with Crippen LogP contribution < -0.4 is 10.2 Å². The Labute approximate surface area is 172 Å². The van der Waals surface area contributed by atoms with E-state index in [1.807, 2.05) is 60.7 Å². The standard InChI is InChI=1S/C23H17ClN2O3/c24-19-8-5-17(6-9-19)22-12-11-21(29-22)14-25-26-23(27)15-28-20-10-7-16-3-1-2-4-18(16)13-20/h1-14H,15H2,(H,26,27). The van der Waals surface area contributed by atoms with Gasteiger partial charge in [0.05, 0.1) is 6.21 Å². The molecule has 0 aliphatic carbocycles. The maximum atomic E-state index is 11.9. The van der Waals surface area contributed by atoms with Crippen molar-refractivity contribution < 1.29 is 13.9 Å². The third-order valence-corrected chi connectivity index (χ3v) is 4.48. The van der Waals surface area contributed by atoms with Gasteiger partial charge in [-0.2, -0.15) is 5.10 Å². The number of hydrazone groups is 1. The van der Waals surface area contributed by atoms with Gasteiger partial charge in [-0.05, 0) is 59.3 Å². The van der Waals surface area contributed by atoms with Crippen LogP contribution in [0.3, 0.4) is 0 Å². The molecule has 0 unspecified atom stereocenters. The molecule has 0 aliphatic rings. The Balaban J connectivity index is 1.30. The molecule has 1 N–H and O–H groups in total. The summed E-state index contributed by atoms with van der Waals surface area (Å²) in [4.78, 5) is 11.9. The first kappa shape index (κ1) is 18.8. The number of hydrogen-bond acceptors (Lipinski definition) is 4. The second-order valence-electron chi connectivity index (χ2n) is 6.30. The van der Waals surface area contributed by atoms with Gasteiger partial charge in [-0.15, -0.1) is 0 Å². The zero-order valence-corrected chi connectivity index (χ0v) is 16.1. The number of furan rings is 1. The van der Waals surface area contributed by atoms with E-state index in [0.717, 1.165) is 16.3 Å². The lowest BCUT2D eigenvalue weighted by atomic mass is 10.1. The number of amides is 1. The number of carbonyl (C=O) groups excluding carboxylic acids is 1. The van der Waals surface area contributed by atoms with Crippen molar-refractivity contribution >= 4 is 34.5 Å². The summed E-state index contributed by atoms with van der Waals surface area (Å²) in [7, 11) is 0. The highest BCUT2D eigenvalue weighted by molar-refractivity contribution is 6.30. The van der Waals surface area contributed by atoms with Crippen molar-refractivity contribution in [2.75, 3.05) is 6.61 Å². The molecule has 0 bridgehead atoms. The molecule has 1 aromatic heterocycles. The molecule has 0 spiro atoms. The molecule has 5 nitrogen and oxygen atoms in total. The van der Waals surface area contributed by atoms with Gasteiger partial charge in [-0.1, -0.05) is 41.9 Å². The maximum Gasteiger partial charge on any atom is 0.277 e. The average molecular weight is 405 g/mol. The lowest BCUT2D eigenvalue weighted by Crippen LogP contribution is -2.24. The SMILES string of the molecule is O=C(COc1ccc2ccccc2c1)NN=Cc1ccc(-c2ccc(Cl)cc2)o1. The number of halogens is 1. The Kier molecular flexibility index (Phi) is 5.59. The molecule has 0 saturated carbocycles. The number of fused-ring (bicyclic) bond motifs is 1. The van der Waals surface area contributed by atoms with Gasteiger partial charge in [0.15, 0.2) is 6.61 Å². The van der Waals surface area contributed by atoms with E-state index in [-0.39, 0.29) is 12.5 Å². The summed E-state index contributed by atoms with van der Waals surface area (Å²) in [5.41, 5.74) is 3.33. The van der Waals surface area contributed by atoms with E-state index in [0.29, 0.717) is 22.3 Å². The summed E-state index contributed by atoms with van der Waals surface area (Å²) in [6.07, 6.45) is 1.44. The summed E-state index contributed by atoms with van der Waals surface area (Å²) in [6, 6.07) is 24.6. The fourth-order valence-electron chi connectivity index (χ4n) is 2.80. The average Bonchev–Trinajstić information content (AvgIpc) is 3.21. The fraction of sp³-hybridized carbons (Fsp3) is 0.0435. The molecule has 0 atom stereocenters. The molecule has 0 saturated heterocycles. The Morgan fingerprint density at radius 2 is 1.79 bits per heavy atom. The molecular weight excluding hydrogens is 388 g/mol. The van der Waals surface area contributed by atoms with E-state index in [1.165, 1.54) is 6.21 Å². The van der Waals surface area contributed by atoms with Gasteiger partial charge in [0, 0.05) is 10.6 Å². The molecule has 3 aromatic carbocycles. The fourth-order valence-corrected chi connectivity index (χ4v) is 2.92. The van der Waals surface area contributed by atoms with Crippen LogP contribution in [0.4, 0.5) is 0 Å². The van der Waals surface area contributed by atoms with E-state index < -0.39 is 0 Å². The van der Waals surface area contributed by atoms with Crippen molar-refractivity contribution in [3.05, 3.63) is 89.6 Å². The predicted molar refractivity (Wildman–Crippen MR) is 114 cm³/mol.